The van der Waals surface area contributed by atoms with Gasteiger partial charge in [-0.15, -0.1) is 0 Å². The fraction of sp³-hybridized carbons (Fsp3) is 0.579. The molecule has 0 saturated carbocycles. The van der Waals surface area contributed by atoms with Crippen molar-refractivity contribution in [1.82, 2.24) is 10.2 Å². The van der Waals surface area contributed by atoms with Gasteiger partial charge in [0.15, 0.2) is 5.78 Å². The molecule has 0 radical (unpaired) electrons. The van der Waals surface area contributed by atoms with Gasteiger partial charge in [0.05, 0.1) is 7.11 Å². The Balaban J connectivity index is 1.45. The highest BCUT2D eigenvalue weighted by molar-refractivity contribution is 5.98. The molecule has 2 atom stereocenters. The van der Waals surface area contributed by atoms with E-state index in [0.717, 1.165) is 25.3 Å². The first-order chi connectivity index (χ1) is 11.7. The first-order valence-corrected chi connectivity index (χ1v) is 8.88. The topological polar surface area (TPSA) is 58.6 Å². The summed E-state index contributed by atoms with van der Waals surface area (Å²) >= 11 is 0. The van der Waals surface area contributed by atoms with E-state index in [2.05, 4.69) is 10.2 Å². The molecule has 5 nitrogen and oxygen atoms in total. The van der Waals surface area contributed by atoms with Crippen molar-refractivity contribution >= 4 is 11.7 Å². The molecule has 0 unspecified atom stereocenters. The van der Waals surface area contributed by atoms with E-state index in [1.807, 2.05) is 0 Å². The van der Waals surface area contributed by atoms with Gasteiger partial charge in [-0.2, -0.15) is 0 Å². The molecule has 1 amide bonds. The molecule has 0 aromatic heterocycles. The van der Waals surface area contributed by atoms with Gasteiger partial charge in [-0.3, -0.25) is 14.5 Å². The number of rotatable bonds is 6. The lowest BCUT2D eigenvalue weighted by molar-refractivity contribution is -0.122. The molecule has 130 valence electrons. The van der Waals surface area contributed by atoms with Gasteiger partial charge < -0.3 is 10.1 Å². The minimum Gasteiger partial charge on any atom is -0.497 e. The molecule has 2 aliphatic heterocycles. The van der Waals surface area contributed by atoms with Gasteiger partial charge in [0, 0.05) is 37.0 Å². The summed E-state index contributed by atoms with van der Waals surface area (Å²) in [5, 5.41) is 3.15. The summed E-state index contributed by atoms with van der Waals surface area (Å²) in [7, 11) is 1.59. The molecule has 2 aliphatic rings. The predicted molar refractivity (Wildman–Crippen MR) is 92.3 cm³/mol. The van der Waals surface area contributed by atoms with Crippen molar-refractivity contribution in [3.63, 3.8) is 0 Å². The van der Waals surface area contributed by atoms with Crippen molar-refractivity contribution in [2.24, 2.45) is 0 Å². The lowest BCUT2D eigenvalue weighted by Crippen LogP contribution is -2.46. The third kappa shape index (κ3) is 3.96. The summed E-state index contributed by atoms with van der Waals surface area (Å²) in [6.07, 6.45) is 5.24. The van der Waals surface area contributed by atoms with Gasteiger partial charge >= 0.3 is 0 Å². The number of carbonyl (C=O) groups excluding carboxylic acids is 2. The minimum atomic E-state index is -0.00529. The van der Waals surface area contributed by atoms with Gasteiger partial charge in [0.1, 0.15) is 5.75 Å². The first kappa shape index (κ1) is 17.0. The van der Waals surface area contributed by atoms with E-state index in [1.54, 1.807) is 31.4 Å². The van der Waals surface area contributed by atoms with Crippen LogP contribution in [0.1, 0.15) is 48.9 Å². The average Bonchev–Trinajstić information content (AvgIpc) is 3.03. The van der Waals surface area contributed by atoms with E-state index in [4.69, 9.17) is 4.74 Å². The summed E-state index contributed by atoms with van der Waals surface area (Å²) in [5.41, 5.74) is 0.628. The van der Waals surface area contributed by atoms with E-state index < -0.39 is 0 Å². The van der Waals surface area contributed by atoms with Crippen LogP contribution in [0.2, 0.25) is 0 Å². The second-order valence-electron chi connectivity index (χ2n) is 6.71. The number of carbonyl (C=O) groups is 2. The molecule has 24 heavy (non-hydrogen) atoms. The Bertz CT molecular complexity index is 585. The van der Waals surface area contributed by atoms with Crippen molar-refractivity contribution < 1.29 is 14.3 Å². The van der Waals surface area contributed by atoms with Crippen LogP contribution in [0.5, 0.6) is 5.75 Å². The van der Waals surface area contributed by atoms with E-state index in [1.165, 1.54) is 19.3 Å². The monoisotopic (exact) mass is 330 g/mol. The van der Waals surface area contributed by atoms with Gasteiger partial charge in [-0.05, 0) is 50.1 Å². The standard InChI is InChI=1S/C19H26N2O3/c1-24-15-7-5-14(6-8-15)18(22)9-10-19(23)20-16-11-13-21-12-3-2-4-17(16)21/h5-8,16-17H,2-4,9-13H2,1H3,(H,20,23)/t16-,17-/m1/s1. The Morgan fingerprint density at radius 1 is 1.12 bits per heavy atom. The maximum atomic E-state index is 12.2. The number of nitrogens with one attached hydrogen (secondary N) is 1. The molecule has 1 aromatic carbocycles. The maximum absolute atomic E-state index is 12.2. The van der Waals surface area contributed by atoms with Crippen molar-refractivity contribution in [2.75, 3.05) is 20.2 Å². The minimum absolute atomic E-state index is 0.00137. The zero-order valence-electron chi connectivity index (χ0n) is 14.3. The number of nitrogens with zero attached hydrogens (tertiary/aromatic N) is 1. The third-order valence-corrected chi connectivity index (χ3v) is 5.19. The Morgan fingerprint density at radius 2 is 1.92 bits per heavy atom. The number of piperidine rings is 1. The number of amides is 1. The molecule has 2 saturated heterocycles. The number of ether oxygens (including phenoxy) is 1. The summed E-state index contributed by atoms with van der Waals surface area (Å²) < 4.78 is 5.09. The van der Waals surface area contributed by atoms with Gasteiger partial charge in [0.2, 0.25) is 5.91 Å². The fourth-order valence-corrected chi connectivity index (χ4v) is 3.84. The summed E-state index contributed by atoms with van der Waals surface area (Å²) in [6, 6.07) is 7.78. The third-order valence-electron chi connectivity index (χ3n) is 5.19. The number of Topliss-reactive ketones (excluding diaryl/α,β-unsaturated/α-hetero) is 1. The van der Waals surface area contributed by atoms with Crippen LogP contribution in [0.4, 0.5) is 0 Å². The number of fused-ring (bicyclic) bond motifs is 1. The largest absolute Gasteiger partial charge is 0.497 e. The average molecular weight is 330 g/mol. The van der Waals surface area contributed by atoms with Crippen LogP contribution >= 0.6 is 0 Å². The Hall–Kier alpha value is -1.88. The molecule has 5 heteroatoms. The Morgan fingerprint density at radius 3 is 2.67 bits per heavy atom. The number of benzene rings is 1. The zero-order chi connectivity index (χ0) is 16.9. The maximum Gasteiger partial charge on any atom is 0.220 e. The van der Waals surface area contributed by atoms with Crippen LogP contribution in [0.25, 0.3) is 0 Å². The molecule has 2 fully saturated rings. The van der Waals surface area contributed by atoms with Gasteiger partial charge in [-0.1, -0.05) is 6.42 Å². The predicted octanol–water partition coefficient (Wildman–Crippen LogP) is 2.40. The normalized spacial score (nSPS) is 23.5. The summed E-state index contributed by atoms with van der Waals surface area (Å²) in [4.78, 5) is 26.9. The highest BCUT2D eigenvalue weighted by Crippen LogP contribution is 2.27. The number of ketones is 1. The Labute approximate surface area is 143 Å². The second-order valence-corrected chi connectivity index (χ2v) is 6.71. The number of hydrogen-bond donors (Lipinski definition) is 1. The second kappa shape index (κ2) is 7.79. The van der Waals surface area contributed by atoms with Gasteiger partial charge in [0.25, 0.3) is 0 Å². The van der Waals surface area contributed by atoms with Crippen molar-refractivity contribution in [3.05, 3.63) is 29.8 Å². The highest BCUT2D eigenvalue weighted by atomic mass is 16.5. The first-order valence-electron chi connectivity index (χ1n) is 8.88. The number of hydrogen-bond acceptors (Lipinski definition) is 4. The molecule has 1 aromatic rings. The van der Waals surface area contributed by atoms with Crippen LogP contribution < -0.4 is 10.1 Å². The zero-order valence-corrected chi connectivity index (χ0v) is 14.3. The van der Waals surface area contributed by atoms with Crippen molar-refractivity contribution in [1.29, 1.82) is 0 Å². The SMILES string of the molecule is COc1ccc(C(=O)CCC(=O)N[C@@H]2CCN3CCCC[C@H]23)cc1. The van der Waals surface area contributed by atoms with E-state index in [9.17, 15) is 9.59 Å². The van der Waals surface area contributed by atoms with Crippen LogP contribution in [0.3, 0.4) is 0 Å². The molecule has 0 aliphatic carbocycles. The molecular formula is C19H26N2O3. The fourth-order valence-electron chi connectivity index (χ4n) is 3.84. The summed E-state index contributed by atoms with van der Waals surface area (Å²) in [6.45, 7) is 2.24. The summed E-state index contributed by atoms with van der Waals surface area (Å²) in [5.74, 6) is 0.718. The molecule has 2 heterocycles. The van der Waals surface area contributed by atoms with Crippen LogP contribution in [-0.2, 0) is 4.79 Å². The van der Waals surface area contributed by atoms with Crippen molar-refractivity contribution in [3.8, 4) is 5.75 Å². The van der Waals surface area contributed by atoms with E-state index in [-0.39, 0.29) is 30.6 Å². The van der Waals surface area contributed by atoms with Gasteiger partial charge in [-0.25, -0.2) is 0 Å². The molecule has 0 bridgehead atoms. The smallest absolute Gasteiger partial charge is 0.220 e. The number of methoxy groups -OCH3 is 1. The van der Waals surface area contributed by atoms with Crippen LogP contribution in [0.15, 0.2) is 24.3 Å². The molecule has 3 rings (SSSR count). The van der Waals surface area contributed by atoms with E-state index in [0.29, 0.717) is 11.6 Å². The Kier molecular flexibility index (Phi) is 5.51. The van der Waals surface area contributed by atoms with Crippen molar-refractivity contribution in [2.45, 2.75) is 50.6 Å². The quantitative estimate of drug-likeness (QED) is 0.814. The highest BCUT2D eigenvalue weighted by Gasteiger charge is 2.36. The molecule has 1 N–H and O–H groups in total. The molecule has 0 spiro atoms. The lowest BCUT2D eigenvalue weighted by atomic mass is 9.99. The lowest BCUT2D eigenvalue weighted by Gasteiger charge is -2.32. The van der Waals surface area contributed by atoms with Crippen LogP contribution in [0, 0.1) is 0 Å². The van der Waals surface area contributed by atoms with E-state index >= 15 is 0 Å². The van der Waals surface area contributed by atoms with Crippen LogP contribution in [-0.4, -0.2) is 48.9 Å². The molecular weight excluding hydrogens is 304 g/mol.